The summed E-state index contributed by atoms with van der Waals surface area (Å²) < 4.78 is 2.14. The lowest BCUT2D eigenvalue weighted by Crippen LogP contribution is -2.15. The lowest BCUT2D eigenvalue weighted by atomic mass is 9.94. The van der Waals surface area contributed by atoms with Crippen molar-refractivity contribution in [1.82, 2.24) is 4.57 Å². The van der Waals surface area contributed by atoms with Gasteiger partial charge >= 0.3 is 0 Å². The third-order valence-corrected chi connectivity index (χ3v) is 4.12. The van der Waals surface area contributed by atoms with Crippen LogP contribution in [0.5, 0.6) is 0 Å². The van der Waals surface area contributed by atoms with Gasteiger partial charge in [-0.3, -0.25) is 4.79 Å². The summed E-state index contributed by atoms with van der Waals surface area (Å²) >= 11 is 9.54. The molecule has 2 nitrogen and oxygen atoms in total. The van der Waals surface area contributed by atoms with Crippen molar-refractivity contribution in [3.05, 3.63) is 34.5 Å². The van der Waals surface area contributed by atoms with E-state index in [9.17, 15) is 4.79 Å². The lowest BCUT2D eigenvalue weighted by molar-refractivity contribution is 0.0964. The molecule has 1 aliphatic rings. The van der Waals surface area contributed by atoms with Crippen molar-refractivity contribution in [2.24, 2.45) is 0 Å². The summed E-state index contributed by atoms with van der Waals surface area (Å²) in [7, 11) is 0. The van der Waals surface area contributed by atoms with E-state index in [0.29, 0.717) is 6.42 Å². The van der Waals surface area contributed by atoms with E-state index in [0.717, 1.165) is 46.3 Å². The SMILES string of the molecule is O=C1CCCc2c1n(CCBr)c1ccc(Cl)cc21. The number of aryl methyl sites for hydroxylation is 2. The van der Waals surface area contributed by atoms with Crippen molar-refractivity contribution in [1.29, 1.82) is 0 Å². The molecule has 0 unspecified atom stereocenters. The summed E-state index contributed by atoms with van der Waals surface area (Å²) in [6.07, 6.45) is 2.60. The van der Waals surface area contributed by atoms with Crippen LogP contribution >= 0.6 is 27.5 Å². The van der Waals surface area contributed by atoms with E-state index < -0.39 is 0 Å². The third-order valence-electron chi connectivity index (χ3n) is 3.53. The van der Waals surface area contributed by atoms with Gasteiger partial charge in [-0.1, -0.05) is 27.5 Å². The fourth-order valence-electron chi connectivity index (χ4n) is 2.83. The van der Waals surface area contributed by atoms with Gasteiger partial charge in [0.15, 0.2) is 5.78 Å². The Labute approximate surface area is 119 Å². The highest BCUT2D eigenvalue weighted by atomic mass is 79.9. The Morgan fingerprint density at radius 3 is 2.94 bits per heavy atom. The van der Waals surface area contributed by atoms with E-state index in [1.807, 2.05) is 18.2 Å². The fraction of sp³-hybridized carbons (Fsp3) is 0.357. The molecule has 0 aliphatic heterocycles. The molecule has 0 bridgehead atoms. The van der Waals surface area contributed by atoms with Crippen molar-refractivity contribution >= 4 is 44.2 Å². The molecule has 0 saturated heterocycles. The molecule has 0 radical (unpaired) electrons. The van der Waals surface area contributed by atoms with E-state index in [1.54, 1.807) is 0 Å². The van der Waals surface area contributed by atoms with Gasteiger partial charge in [0.25, 0.3) is 0 Å². The van der Waals surface area contributed by atoms with Crippen LogP contribution < -0.4 is 0 Å². The van der Waals surface area contributed by atoms with Crippen LogP contribution in [0.25, 0.3) is 10.9 Å². The van der Waals surface area contributed by atoms with E-state index in [-0.39, 0.29) is 5.78 Å². The van der Waals surface area contributed by atoms with Crippen molar-refractivity contribution < 1.29 is 4.79 Å². The smallest absolute Gasteiger partial charge is 0.179 e. The third kappa shape index (κ3) is 1.81. The van der Waals surface area contributed by atoms with Crippen LogP contribution in [0.4, 0.5) is 0 Å². The zero-order chi connectivity index (χ0) is 12.7. The number of alkyl halides is 1. The molecule has 4 heteroatoms. The molecule has 1 aromatic heterocycles. The molecule has 0 amide bonds. The maximum atomic E-state index is 12.2. The standard InChI is InChI=1S/C14H13BrClNO/c15-6-7-17-12-5-4-9(16)8-11(12)10-2-1-3-13(18)14(10)17/h4-5,8H,1-3,6-7H2. The summed E-state index contributed by atoms with van der Waals surface area (Å²) in [5, 5.41) is 2.73. The molecule has 0 spiro atoms. The van der Waals surface area contributed by atoms with Crippen LogP contribution in [-0.4, -0.2) is 15.7 Å². The highest BCUT2D eigenvalue weighted by Crippen LogP contribution is 2.33. The van der Waals surface area contributed by atoms with Crippen LogP contribution in [0.1, 0.15) is 28.9 Å². The zero-order valence-corrected chi connectivity index (χ0v) is 12.2. The van der Waals surface area contributed by atoms with Gasteiger partial charge in [0.05, 0.1) is 5.69 Å². The van der Waals surface area contributed by atoms with Gasteiger partial charge in [0, 0.05) is 34.2 Å². The molecule has 3 rings (SSSR count). The fourth-order valence-corrected chi connectivity index (χ4v) is 3.36. The number of Topliss-reactive ketones (excluding diaryl/α,β-unsaturated/α-hetero) is 1. The topological polar surface area (TPSA) is 22.0 Å². The number of hydrogen-bond acceptors (Lipinski definition) is 1. The summed E-state index contributed by atoms with van der Waals surface area (Å²) in [4.78, 5) is 12.2. The Kier molecular flexibility index (Phi) is 3.20. The number of halogens is 2. The Balaban J connectivity index is 2.35. The van der Waals surface area contributed by atoms with E-state index in [1.165, 1.54) is 5.56 Å². The average molecular weight is 327 g/mol. The Hall–Kier alpha value is -0.800. The number of ketones is 1. The number of fused-ring (bicyclic) bond motifs is 3. The second-order valence-electron chi connectivity index (χ2n) is 4.61. The quantitative estimate of drug-likeness (QED) is 0.758. The van der Waals surface area contributed by atoms with Gasteiger partial charge in [-0.15, -0.1) is 0 Å². The number of benzene rings is 1. The molecule has 1 heterocycles. The van der Waals surface area contributed by atoms with Crippen LogP contribution in [0, 0.1) is 0 Å². The minimum absolute atomic E-state index is 0.268. The maximum absolute atomic E-state index is 12.2. The normalized spacial score (nSPS) is 15.1. The molecule has 18 heavy (non-hydrogen) atoms. The molecular formula is C14H13BrClNO. The van der Waals surface area contributed by atoms with Gasteiger partial charge in [0.2, 0.25) is 0 Å². The monoisotopic (exact) mass is 325 g/mol. The largest absolute Gasteiger partial charge is 0.337 e. The van der Waals surface area contributed by atoms with Crippen LogP contribution in [0.3, 0.4) is 0 Å². The van der Waals surface area contributed by atoms with Gasteiger partial charge in [-0.2, -0.15) is 0 Å². The Morgan fingerprint density at radius 2 is 2.17 bits per heavy atom. The Bertz CT molecular complexity index is 632. The van der Waals surface area contributed by atoms with Crippen LogP contribution in [-0.2, 0) is 13.0 Å². The predicted molar refractivity (Wildman–Crippen MR) is 78.0 cm³/mol. The molecule has 1 aliphatic carbocycles. The first-order valence-electron chi connectivity index (χ1n) is 6.12. The Morgan fingerprint density at radius 1 is 1.33 bits per heavy atom. The number of hydrogen-bond donors (Lipinski definition) is 0. The van der Waals surface area contributed by atoms with Crippen LogP contribution in [0.15, 0.2) is 18.2 Å². The second kappa shape index (κ2) is 4.71. The summed E-state index contributed by atoms with van der Waals surface area (Å²) in [6, 6.07) is 5.90. The summed E-state index contributed by atoms with van der Waals surface area (Å²) in [6.45, 7) is 0.819. The van der Waals surface area contributed by atoms with E-state index >= 15 is 0 Å². The first kappa shape index (κ1) is 12.2. The van der Waals surface area contributed by atoms with E-state index in [4.69, 9.17) is 11.6 Å². The van der Waals surface area contributed by atoms with Crippen molar-refractivity contribution in [3.63, 3.8) is 0 Å². The van der Waals surface area contributed by atoms with Crippen molar-refractivity contribution in [3.8, 4) is 0 Å². The first-order chi connectivity index (χ1) is 8.72. The number of carbonyl (C=O) groups excluding carboxylic acids is 1. The number of rotatable bonds is 2. The van der Waals surface area contributed by atoms with Gasteiger partial charge < -0.3 is 4.57 Å². The van der Waals surface area contributed by atoms with Crippen LogP contribution in [0.2, 0.25) is 5.02 Å². The second-order valence-corrected chi connectivity index (χ2v) is 5.84. The molecule has 94 valence electrons. The first-order valence-corrected chi connectivity index (χ1v) is 7.62. The summed E-state index contributed by atoms with van der Waals surface area (Å²) in [5.74, 6) is 0.268. The van der Waals surface area contributed by atoms with Crippen molar-refractivity contribution in [2.45, 2.75) is 25.8 Å². The molecule has 0 fully saturated rings. The number of carbonyl (C=O) groups is 1. The molecule has 1 aromatic carbocycles. The molecule has 2 aromatic rings. The maximum Gasteiger partial charge on any atom is 0.179 e. The predicted octanol–water partition coefficient (Wildman–Crippen LogP) is 4.21. The highest BCUT2D eigenvalue weighted by Gasteiger charge is 2.25. The van der Waals surface area contributed by atoms with Gasteiger partial charge in [0.1, 0.15) is 0 Å². The summed E-state index contributed by atoms with van der Waals surface area (Å²) in [5.41, 5.74) is 3.21. The number of aromatic nitrogens is 1. The lowest BCUT2D eigenvalue weighted by Gasteiger charge is -2.14. The zero-order valence-electron chi connectivity index (χ0n) is 9.88. The average Bonchev–Trinajstić information content (AvgIpc) is 2.66. The van der Waals surface area contributed by atoms with Crippen molar-refractivity contribution in [2.75, 3.05) is 5.33 Å². The minimum Gasteiger partial charge on any atom is -0.337 e. The van der Waals surface area contributed by atoms with Gasteiger partial charge in [-0.05, 0) is 36.6 Å². The molecule has 0 atom stereocenters. The minimum atomic E-state index is 0.268. The number of nitrogens with zero attached hydrogens (tertiary/aromatic N) is 1. The van der Waals surface area contributed by atoms with E-state index in [2.05, 4.69) is 20.5 Å². The molecule has 0 N–H and O–H groups in total. The highest BCUT2D eigenvalue weighted by molar-refractivity contribution is 9.09. The molecular weight excluding hydrogens is 314 g/mol. The molecule has 0 saturated carbocycles. The van der Waals surface area contributed by atoms with Gasteiger partial charge in [-0.25, -0.2) is 0 Å².